The number of anilines is 3. The number of aliphatic hydroxyl groups excluding tert-OH is 1. The number of halogens is 1. The van der Waals surface area contributed by atoms with Gasteiger partial charge in [-0.1, -0.05) is 37.3 Å². The minimum Gasteiger partial charge on any atom is -0.497 e. The van der Waals surface area contributed by atoms with Crippen LogP contribution in [0.1, 0.15) is 36.5 Å². The fraction of sp³-hybridized carbons (Fsp3) is 0.394. The number of nitrogens with zero attached hydrogens (tertiary/aromatic N) is 2. The third-order valence-corrected chi connectivity index (χ3v) is 11.6. The third kappa shape index (κ3) is 4.46. The number of aryl methyl sites for hydroxylation is 1. The van der Waals surface area contributed by atoms with Gasteiger partial charge in [0.25, 0.3) is 5.91 Å². The van der Waals surface area contributed by atoms with Gasteiger partial charge in [0.05, 0.1) is 31.1 Å². The molecule has 3 aliphatic rings. The van der Waals surface area contributed by atoms with E-state index in [0.717, 1.165) is 22.5 Å². The molecule has 3 aliphatic heterocycles. The zero-order chi connectivity index (χ0) is 29.8. The van der Waals surface area contributed by atoms with Crippen LogP contribution in [0.5, 0.6) is 5.75 Å². The lowest BCUT2D eigenvalue weighted by atomic mass is 9.82. The number of methoxy groups -OCH3 is 1. The Bertz CT molecular complexity index is 1540. The van der Waals surface area contributed by atoms with Crippen LogP contribution in [-0.4, -0.2) is 45.1 Å². The topological polar surface area (TPSA) is 79.3 Å². The predicted molar refractivity (Wildman–Crippen MR) is 162 cm³/mol. The summed E-state index contributed by atoms with van der Waals surface area (Å²) in [5, 5.41) is 9.80. The average molecular weight is 589 g/mol. The Morgan fingerprint density at radius 2 is 1.83 bits per heavy atom. The Hall–Kier alpha value is -3.53. The molecule has 0 bridgehead atoms. The number of fused-ring (bicyclic) bond motifs is 3. The van der Waals surface area contributed by atoms with Crippen molar-refractivity contribution in [2.24, 2.45) is 5.92 Å². The number of amides is 2. The van der Waals surface area contributed by atoms with E-state index in [1.807, 2.05) is 73.7 Å². The largest absolute Gasteiger partial charge is 0.497 e. The second-order valence-electron chi connectivity index (χ2n) is 12.1. The molecule has 0 aromatic heterocycles. The first kappa shape index (κ1) is 28.6. The van der Waals surface area contributed by atoms with E-state index in [1.165, 1.54) is 0 Å². The highest BCUT2D eigenvalue weighted by Crippen LogP contribution is 2.60. The number of hydrogen-bond acceptors (Lipinski definition) is 5. The molecule has 0 aliphatic carbocycles. The number of carbonyl (C=O) groups is 2. The lowest BCUT2D eigenvalue weighted by Crippen LogP contribution is -2.45. The van der Waals surface area contributed by atoms with Crippen molar-refractivity contribution in [2.75, 3.05) is 23.5 Å². The van der Waals surface area contributed by atoms with E-state index in [2.05, 4.69) is 0 Å². The van der Waals surface area contributed by atoms with Crippen LogP contribution < -0.4 is 14.5 Å². The fourth-order valence-electron chi connectivity index (χ4n) is 7.40. The zero-order valence-electron chi connectivity index (χ0n) is 24.5. The number of ether oxygens (including phenoxy) is 2. The molecule has 42 heavy (non-hydrogen) atoms. The lowest BCUT2D eigenvalue weighted by Gasteiger charge is -2.31. The maximum Gasteiger partial charge on any atom is 0.264 e. The zero-order valence-corrected chi connectivity index (χ0v) is 25.5. The molecule has 7 nitrogen and oxygen atoms in total. The molecule has 0 unspecified atom stereocenters. The lowest BCUT2D eigenvalue weighted by molar-refractivity contribution is -0.146. The number of aliphatic hydroxyl groups is 1. The molecule has 1 spiro atoms. The number of hydrogen-bond donors (Lipinski definition) is 1. The van der Waals surface area contributed by atoms with Gasteiger partial charge in [-0.2, -0.15) is 0 Å². The Morgan fingerprint density at radius 1 is 1.05 bits per heavy atom. The second kappa shape index (κ2) is 10.6. The van der Waals surface area contributed by atoms with Crippen LogP contribution in [0.15, 0.2) is 66.7 Å². The maximum atomic E-state index is 15.8. The van der Waals surface area contributed by atoms with E-state index >= 15 is 4.11 Å². The summed E-state index contributed by atoms with van der Waals surface area (Å²) in [7, 11) is -1.72. The molecule has 2 amide bonds. The normalized spacial score (nSPS) is 25.2. The predicted octanol–water partition coefficient (Wildman–Crippen LogP) is 6.01. The van der Waals surface area contributed by atoms with Crippen molar-refractivity contribution >= 4 is 37.3 Å². The van der Waals surface area contributed by atoms with Crippen molar-refractivity contribution in [3.8, 4) is 5.75 Å². The van der Waals surface area contributed by atoms with E-state index in [4.69, 9.17) is 9.47 Å². The highest BCUT2D eigenvalue weighted by atomic mass is 28.4. The van der Waals surface area contributed by atoms with Crippen molar-refractivity contribution in [2.45, 2.75) is 63.1 Å². The van der Waals surface area contributed by atoms with E-state index < -0.39 is 31.6 Å². The third-order valence-electron chi connectivity index (χ3n) is 9.18. The maximum absolute atomic E-state index is 15.8. The number of carbonyl (C=O) groups excluding carboxylic acids is 2. The van der Waals surface area contributed by atoms with Crippen molar-refractivity contribution in [1.29, 1.82) is 0 Å². The van der Waals surface area contributed by atoms with E-state index in [-0.39, 0.29) is 31.4 Å². The molecular formula is C33H37FN2O5Si. The highest BCUT2D eigenvalue weighted by molar-refractivity contribution is 6.72. The summed E-state index contributed by atoms with van der Waals surface area (Å²) in [5.41, 5.74) is 3.11. The molecule has 1 N–H and O–H groups in total. The molecule has 9 heteroatoms. The molecule has 1 saturated heterocycles. The Labute approximate surface area is 247 Å². The first-order valence-corrected chi connectivity index (χ1v) is 17.5. The minimum atomic E-state index is -3.29. The van der Waals surface area contributed by atoms with Crippen LogP contribution in [0, 0.1) is 5.92 Å². The van der Waals surface area contributed by atoms with Gasteiger partial charge in [-0.25, -0.2) is 0 Å². The van der Waals surface area contributed by atoms with Gasteiger partial charge in [0.2, 0.25) is 14.3 Å². The standard InChI is InChI=1S/C33H37FN2O5Si/c1-21-31(42(3,4)34)29(16-17-37)41-33(21)26-19-25(40-2)13-14-28(26)35(32(33)39)20-22-8-7-10-24(18-22)36-27-11-6-5-9-23(27)12-15-30(36)38/h5-11,13-14,18-19,21,29,31,37H,12,15-17,20H2,1-4H3/t21-,29+,31-,33+/m1/s1. The van der Waals surface area contributed by atoms with E-state index in [0.29, 0.717) is 29.8 Å². The Balaban J connectivity index is 1.40. The molecule has 220 valence electrons. The number of rotatable bonds is 7. The van der Waals surface area contributed by atoms with Crippen LogP contribution >= 0.6 is 0 Å². The smallest absolute Gasteiger partial charge is 0.264 e. The summed E-state index contributed by atoms with van der Waals surface area (Å²) >= 11 is 0. The number of benzene rings is 3. The molecule has 1 fully saturated rings. The molecule has 3 heterocycles. The summed E-state index contributed by atoms with van der Waals surface area (Å²) in [6.07, 6.45) is 0.832. The second-order valence-corrected chi connectivity index (χ2v) is 15.9. The van der Waals surface area contributed by atoms with Gasteiger partial charge in [0.1, 0.15) is 5.75 Å². The SMILES string of the molecule is COc1ccc2c(c1)[C@]1(O[C@@H](CCO)[C@H]([Si](C)(C)F)[C@H]1C)C(=O)N2Cc1cccc(N2C(=O)CCc3ccccc32)c1. The van der Waals surface area contributed by atoms with Gasteiger partial charge in [-0.05, 0) is 73.5 Å². The van der Waals surface area contributed by atoms with Crippen molar-refractivity contribution in [3.63, 3.8) is 0 Å². The molecule has 0 radical (unpaired) electrons. The Morgan fingerprint density at radius 3 is 2.57 bits per heavy atom. The summed E-state index contributed by atoms with van der Waals surface area (Å²) < 4.78 is 27.9. The summed E-state index contributed by atoms with van der Waals surface area (Å²) in [6, 6.07) is 21.1. The number of para-hydroxylation sites is 1. The van der Waals surface area contributed by atoms with Crippen molar-refractivity contribution in [1.82, 2.24) is 0 Å². The van der Waals surface area contributed by atoms with Crippen LogP contribution in [0.3, 0.4) is 0 Å². The first-order chi connectivity index (χ1) is 20.1. The average Bonchev–Trinajstić information content (AvgIpc) is 3.39. The highest BCUT2D eigenvalue weighted by Gasteiger charge is 2.66. The molecule has 0 saturated carbocycles. The summed E-state index contributed by atoms with van der Waals surface area (Å²) in [4.78, 5) is 31.1. The molecule has 4 atom stereocenters. The van der Waals surface area contributed by atoms with Crippen LogP contribution in [0.2, 0.25) is 18.6 Å². The van der Waals surface area contributed by atoms with Crippen LogP contribution in [0.25, 0.3) is 0 Å². The van der Waals surface area contributed by atoms with Gasteiger partial charge >= 0.3 is 0 Å². The molecule has 3 aromatic rings. The van der Waals surface area contributed by atoms with Crippen molar-refractivity contribution in [3.05, 3.63) is 83.4 Å². The molecule has 3 aromatic carbocycles. The van der Waals surface area contributed by atoms with Gasteiger partial charge < -0.3 is 23.6 Å². The van der Waals surface area contributed by atoms with Crippen molar-refractivity contribution < 1.29 is 28.3 Å². The fourth-order valence-corrected chi connectivity index (χ4v) is 9.94. The first-order valence-electron chi connectivity index (χ1n) is 14.6. The van der Waals surface area contributed by atoms with E-state index in [9.17, 15) is 14.7 Å². The van der Waals surface area contributed by atoms with Crippen LogP contribution in [-0.2, 0) is 32.9 Å². The quantitative estimate of drug-likeness (QED) is 0.270. The van der Waals surface area contributed by atoms with Gasteiger partial charge in [0, 0.05) is 35.7 Å². The van der Waals surface area contributed by atoms with Gasteiger partial charge in [-0.3, -0.25) is 14.5 Å². The molecule has 6 rings (SSSR count). The summed E-state index contributed by atoms with van der Waals surface area (Å²) in [5.74, 6) is -0.0713. The monoisotopic (exact) mass is 588 g/mol. The van der Waals surface area contributed by atoms with E-state index in [1.54, 1.807) is 30.0 Å². The van der Waals surface area contributed by atoms with Gasteiger partial charge in [0.15, 0.2) is 5.60 Å². The van der Waals surface area contributed by atoms with Crippen LogP contribution in [0.4, 0.5) is 21.2 Å². The van der Waals surface area contributed by atoms with Gasteiger partial charge in [-0.15, -0.1) is 0 Å². The summed E-state index contributed by atoms with van der Waals surface area (Å²) in [6.45, 7) is 5.30. The Kier molecular flexibility index (Phi) is 7.23. The minimum absolute atomic E-state index is 0.0339. The molecular weight excluding hydrogens is 551 g/mol.